The van der Waals surface area contributed by atoms with Gasteiger partial charge < -0.3 is 4.74 Å². The zero-order valence-corrected chi connectivity index (χ0v) is 15.8. The van der Waals surface area contributed by atoms with Crippen LogP contribution >= 0.6 is 0 Å². The van der Waals surface area contributed by atoms with Gasteiger partial charge >= 0.3 is 0 Å². The summed E-state index contributed by atoms with van der Waals surface area (Å²) in [7, 11) is 0. The molecule has 25 heavy (non-hydrogen) atoms. The number of hydrogen-bond acceptors (Lipinski definition) is 3. The van der Waals surface area contributed by atoms with E-state index in [1.165, 1.54) is 16.7 Å². The van der Waals surface area contributed by atoms with Crippen molar-refractivity contribution >= 4 is 11.6 Å². The molecular weight excluding hydrogens is 312 g/mol. The lowest BCUT2D eigenvalue weighted by Gasteiger charge is -2.41. The molecule has 1 heterocycles. The van der Waals surface area contributed by atoms with Crippen molar-refractivity contribution in [3.8, 4) is 0 Å². The summed E-state index contributed by atoms with van der Waals surface area (Å²) in [4.78, 5) is 26.2. The SMILES string of the molecule is CCc1cc(CC)c(C2C(=O)CC3(CCOCC3)CC2=O)c(CC)c1. The van der Waals surface area contributed by atoms with E-state index in [-0.39, 0.29) is 17.0 Å². The van der Waals surface area contributed by atoms with Crippen LogP contribution in [0.25, 0.3) is 0 Å². The van der Waals surface area contributed by atoms with Gasteiger partial charge in [0.2, 0.25) is 0 Å². The summed E-state index contributed by atoms with van der Waals surface area (Å²) in [5.41, 5.74) is 4.57. The van der Waals surface area contributed by atoms with E-state index in [9.17, 15) is 9.59 Å². The van der Waals surface area contributed by atoms with Gasteiger partial charge in [0.1, 0.15) is 17.5 Å². The van der Waals surface area contributed by atoms with Crippen molar-refractivity contribution in [2.45, 2.75) is 71.6 Å². The highest BCUT2D eigenvalue weighted by Crippen LogP contribution is 2.46. The third-order valence-corrected chi connectivity index (χ3v) is 6.17. The molecule has 3 heteroatoms. The summed E-state index contributed by atoms with van der Waals surface area (Å²) in [6.07, 6.45) is 5.47. The highest BCUT2D eigenvalue weighted by Gasteiger charge is 2.46. The maximum atomic E-state index is 13.1. The Bertz CT molecular complexity index is 623. The monoisotopic (exact) mass is 342 g/mol. The molecule has 2 fully saturated rings. The maximum absolute atomic E-state index is 13.1. The Kier molecular flexibility index (Phi) is 5.43. The van der Waals surface area contributed by atoms with Crippen LogP contribution in [0, 0.1) is 5.41 Å². The topological polar surface area (TPSA) is 43.4 Å². The van der Waals surface area contributed by atoms with Crippen LogP contribution in [-0.2, 0) is 33.6 Å². The number of benzene rings is 1. The van der Waals surface area contributed by atoms with Crippen LogP contribution in [0.15, 0.2) is 12.1 Å². The van der Waals surface area contributed by atoms with Crippen molar-refractivity contribution in [1.29, 1.82) is 0 Å². The van der Waals surface area contributed by atoms with E-state index >= 15 is 0 Å². The fourth-order valence-electron chi connectivity index (χ4n) is 4.68. The largest absolute Gasteiger partial charge is 0.381 e. The quantitative estimate of drug-likeness (QED) is 0.771. The van der Waals surface area contributed by atoms with Gasteiger partial charge in [-0.1, -0.05) is 32.9 Å². The minimum absolute atomic E-state index is 0.131. The van der Waals surface area contributed by atoms with Gasteiger partial charge in [-0.2, -0.15) is 0 Å². The summed E-state index contributed by atoms with van der Waals surface area (Å²) in [6, 6.07) is 4.40. The van der Waals surface area contributed by atoms with Gasteiger partial charge in [-0.15, -0.1) is 0 Å². The van der Waals surface area contributed by atoms with Crippen LogP contribution in [0.3, 0.4) is 0 Å². The van der Waals surface area contributed by atoms with Crippen LogP contribution in [0.4, 0.5) is 0 Å². The Morgan fingerprint density at radius 3 is 1.88 bits per heavy atom. The third kappa shape index (κ3) is 3.44. The first-order chi connectivity index (χ1) is 12.0. The Labute approximate surface area is 151 Å². The lowest BCUT2D eigenvalue weighted by Crippen LogP contribution is -2.43. The molecule has 3 rings (SSSR count). The third-order valence-electron chi connectivity index (χ3n) is 6.17. The molecular formula is C22H30O3. The van der Waals surface area contributed by atoms with Crippen molar-refractivity contribution < 1.29 is 14.3 Å². The molecule has 1 aromatic carbocycles. The van der Waals surface area contributed by atoms with Crippen LogP contribution in [0.2, 0.25) is 0 Å². The number of hydrogen-bond donors (Lipinski definition) is 0. The van der Waals surface area contributed by atoms with Crippen molar-refractivity contribution in [2.75, 3.05) is 13.2 Å². The normalized spacial score (nSPS) is 21.1. The molecule has 1 aliphatic carbocycles. The summed E-state index contributed by atoms with van der Waals surface area (Å²) >= 11 is 0. The van der Waals surface area contributed by atoms with E-state index in [2.05, 4.69) is 32.9 Å². The standard InChI is InChI=1S/C22H30O3/c1-4-15-11-16(5-2)20(17(6-3)12-15)21-18(23)13-22(14-19(21)24)7-9-25-10-8-22/h11-12,21H,4-10,13-14H2,1-3H3. The number of carbonyl (C=O) groups excluding carboxylic acids is 2. The molecule has 0 amide bonds. The minimum atomic E-state index is -0.538. The van der Waals surface area contributed by atoms with Crippen LogP contribution in [-0.4, -0.2) is 24.8 Å². The summed E-state index contributed by atoms with van der Waals surface area (Å²) in [5.74, 6) is -0.275. The number of carbonyl (C=O) groups is 2. The van der Waals surface area contributed by atoms with Crippen molar-refractivity contribution in [2.24, 2.45) is 5.41 Å². The Morgan fingerprint density at radius 1 is 0.920 bits per heavy atom. The van der Waals surface area contributed by atoms with E-state index < -0.39 is 5.92 Å². The first kappa shape index (κ1) is 18.3. The number of aryl methyl sites for hydroxylation is 3. The van der Waals surface area contributed by atoms with Gasteiger partial charge in [0, 0.05) is 26.1 Å². The Morgan fingerprint density at radius 2 is 1.44 bits per heavy atom. The van der Waals surface area contributed by atoms with Crippen molar-refractivity contribution in [1.82, 2.24) is 0 Å². The van der Waals surface area contributed by atoms with Crippen LogP contribution in [0.5, 0.6) is 0 Å². The average molecular weight is 342 g/mol. The van der Waals surface area contributed by atoms with E-state index in [1.54, 1.807) is 0 Å². The second-order valence-electron chi connectivity index (χ2n) is 7.72. The molecule has 0 radical (unpaired) electrons. The molecule has 1 aliphatic heterocycles. The zero-order valence-electron chi connectivity index (χ0n) is 15.8. The van der Waals surface area contributed by atoms with Gasteiger partial charge in [0.15, 0.2) is 0 Å². The minimum Gasteiger partial charge on any atom is -0.381 e. The van der Waals surface area contributed by atoms with Gasteiger partial charge in [-0.3, -0.25) is 9.59 Å². The second-order valence-corrected chi connectivity index (χ2v) is 7.72. The first-order valence-electron chi connectivity index (χ1n) is 9.81. The molecule has 1 aromatic rings. The van der Waals surface area contributed by atoms with Crippen LogP contribution < -0.4 is 0 Å². The molecule has 0 bridgehead atoms. The lowest BCUT2D eigenvalue weighted by molar-refractivity contribution is -0.139. The zero-order chi connectivity index (χ0) is 18.0. The smallest absolute Gasteiger partial charge is 0.148 e. The van der Waals surface area contributed by atoms with Crippen LogP contribution in [0.1, 0.15) is 74.6 Å². The van der Waals surface area contributed by atoms with Gasteiger partial charge in [-0.05, 0) is 59.8 Å². The van der Waals surface area contributed by atoms with E-state index in [4.69, 9.17) is 4.74 Å². The second kappa shape index (κ2) is 7.41. The molecule has 2 aliphatic rings. The fraction of sp³-hybridized carbons (Fsp3) is 0.636. The number of Topliss-reactive ketones (excluding diaryl/α,β-unsaturated/α-hetero) is 2. The maximum Gasteiger partial charge on any atom is 0.148 e. The summed E-state index contributed by atoms with van der Waals surface area (Å²) < 4.78 is 5.45. The molecule has 0 unspecified atom stereocenters. The molecule has 0 atom stereocenters. The molecule has 0 N–H and O–H groups in total. The summed E-state index contributed by atoms with van der Waals surface area (Å²) in [6.45, 7) is 7.75. The Hall–Kier alpha value is -1.48. The summed E-state index contributed by atoms with van der Waals surface area (Å²) in [5, 5.41) is 0. The van der Waals surface area contributed by atoms with Gasteiger partial charge in [0.25, 0.3) is 0 Å². The predicted octanol–water partition coefficient (Wildman–Crippen LogP) is 4.19. The van der Waals surface area contributed by atoms with Crippen molar-refractivity contribution in [3.05, 3.63) is 34.4 Å². The molecule has 0 aromatic heterocycles. The molecule has 3 nitrogen and oxygen atoms in total. The van der Waals surface area contributed by atoms with E-state index in [0.717, 1.165) is 37.7 Å². The fourth-order valence-corrected chi connectivity index (χ4v) is 4.68. The van der Waals surface area contributed by atoms with E-state index in [1.807, 2.05) is 0 Å². The average Bonchev–Trinajstić information content (AvgIpc) is 2.61. The molecule has 1 spiro atoms. The van der Waals surface area contributed by atoms with E-state index in [0.29, 0.717) is 26.1 Å². The first-order valence-corrected chi connectivity index (χ1v) is 9.81. The molecule has 136 valence electrons. The Balaban J connectivity index is 1.99. The number of rotatable bonds is 4. The lowest BCUT2D eigenvalue weighted by atomic mass is 9.63. The van der Waals surface area contributed by atoms with Gasteiger partial charge in [0.05, 0.1) is 0 Å². The molecule has 1 saturated carbocycles. The van der Waals surface area contributed by atoms with Gasteiger partial charge in [-0.25, -0.2) is 0 Å². The number of ether oxygens (including phenoxy) is 1. The highest BCUT2D eigenvalue weighted by atomic mass is 16.5. The van der Waals surface area contributed by atoms with Crippen molar-refractivity contribution in [3.63, 3.8) is 0 Å². The number of ketones is 2. The molecule has 1 saturated heterocycles. The predicted molar refractivity (Wildman–Crippen MR) is 99.1 cm³/mol. The highest BCUT2D eigenvalue weighted by molar-refractivity contribution is 6.10.